The maximum atomic E-state index is 13.1. The number of rotatable bonds is 9. The van der Waals surface area contributed by atoms with Crippen LogP contribution in [0.5, 0.6) is 11.5 Å². The third kappa shape index (κ3) is 6.54. The zero-order valence-corrected chi connectivity index (χ0v) is 23.0. The summed E-state index contributed by atoms with van der Waals surface area (Å²) in [5.41, 5.74) is 9.68. The fourth-order valence-corrected chi connectivity index (χ4v) is 4.34. The van der Waals surface area contributed by atoms with Crippen LogP contribution in [-0.4, -0.2) is 33.9 Å². The zero-order chi connectivity index (χ0) is 28.1. The lowest BCUT2D eigenvalue weighted by Crippen LogP contribution is -2.21. The van der Waals surface area contributed by atoms with Crippen LogP contribution in [0, 0.1) is 0 Å². The Kier molecular flexibility index (Phi) is 7.91. The van der Waals surface area contributed by atoms with Crippen molar-refractivity contribution in [3.8, 4) is 23.0 Å². The number of hydrogen-bond acceptors (Lipinski definition) is 6. The minimum atomic E-state index is -0.158. The number of benzene rings is 3. The second kappa shape index (κ2) is 11.7. The van der Waals surface area contributed by atoms with Crippen LogP contribution in [0.4, 0.5) is 5.69 Å². The van der Waals surface area contributed by atoms with Crippen LogP contribution in [-0.2, 0) is 12.0 Å². The number of imidazole rings is 1. The zero-order valence-electron chi connectivity index (χ0n) is 23.0. The summed E-state index contributed by atoms with van der Waals surface area (Å²) in [4.78, 5) is 25.2. The van der Waals surface area contributed by atoms with E-state index in [-0.39, 0.29) is 11.3 Å². The quantitative estimate of drug-likeness (QED) is 0.172. The first-order valence-electron chi connectivity index (χ1n) is 13.3. The van der Waals surface area contributed by atoms with E-state index in [1.165, 1.54) is 0 Å². The van der Waals surface area contributed by atoms with Crippen molar-refractivity contribution in [1.82, 2.24) is 20.3 Å². The monoisotopic (exact) mass is 534 g/mol. The van der Waals surface area contributed by atoms with Crippen LogP contribution in [0.1, 0.15) is 42.4 Å². The summed E-state index contributed by atoms with van der Waals surface area (Å²) in [5.74, 6) is 1.80. The number of ether oxygens (including phenoxy) is 1. The highest BCUT2D eigenvalue weighted by Gasteiger charge is 2.15. The molecule has 0 unspecified atom stereocenters. The summed E-state index contributed by atoms with van der Waals surface area (Å²) < 4.78 is 6.17. The number of carbonyl (C=O) groups excluding carboxylic acids is 1. The molecule has 0 radical (unpaired) electrons. The highest BCUT2D eigenvalue weighted by Crippen LogP contribution is 2.29. The van der Waals surface area contributed by atoms with Crippen LogP contribution in [0.3, 0.4) is 0 Å². The maximum Gasteiger partial charge on any atom is 0.255 e. The summed E-state index contributed by atoms with van der Waals surface area (Å²) >= 11 is 0. The van der Waals surface area contributed by atoms with Gasteiger partial charge in [-0.15, -0.1) is 0 Å². The summed E-state index contributed by atoms with van der Waals surface area (Å²) in [5, 5.41) is 8.19. The molecule has 1 amide bonds. The lowest BCUT2D eigenvalue weighted by atomic mass is 9.87. The number of H-pyrrole nitrogens is 1. The molecular formula is C32H34N6O2. The average Bonchev–Trinajstić information content (AvgIpc) is 3.42. The molecule has 8 nitrogen and oxygen atoms in total. The molecule has 0 saturated heterocycles. The lowest BCUT2D eigenvalue weighted by Gasteiger charge is -2.20. The molecule has 5 aromatic rings. The third-order valence-corrected chi connectivity index (χ3v) is 6.54. The van der Waals surface area contributed by atoms with E-state index in [9.17, 15) is 4.79 Å². The Bertz CT molecular complexity index is 1640. The van der Waals surface area contributed by atoms with Crippen molar-refractivity contribution in [3.63, 3.8) is 0 Å². The second-order valence-corrected chi connectivity index (χ2v) is 10.7. The van der Waals surface area contributed by atoms with Crippen molar-refractivity contribution in [2.75, 3.05) is 18.4 Å². The SMILES string of the molecule is CC(C)(C)c1cccc(NC(=O)c2ccc3ccc(Oc4ccnc(-c5ncc(CNCCN)[nH]5)c4)cc3c2)c1. The first kappa shape index (κ1) is 27.1. The number of amides is 1. The van der Waals surface area contributed by atoms with Gasteiger partial charge in [0.05, 0.1) is 6.20 Å². The highest BCUT2D eigenvalue weighted by molar-refractivity contribution is 6.06. The molecule has 40 heavy (non-hydrogen) atoms. The van der Waals surface area contributed by atoms with Crippen molar-refractivity contribution < 1.29 is 9.53 Å². The van der Waals surface area contributed by atoms with Crippen LogP contribution in [0.25, 0.3) is 22.3 Å². The molecule has 5 rings (SSSR count). The molecule has 0 spiro atoms. The van der Waals surface area contributed by atoms with Gasteiger partial charge in [0.2, 0.25) is 0 Å². The number of nitrogens with one attached hydrogen (secondary N) is 3. The molecular weight excluding hydrogens is 500 g/mol. The number of anilines is 1. The number of aromatic nitrogens is 3. The molecule has 3 aromatic carbocycles. The van der Waals surface area contributed by atoms with E-state index >= 15 is 0 Å². The predicted molar refractivity (Wildman–Crippen MR) is 160 cm³/mol. The average molecular weight is 535 g/mol. The van der Waals surface area contributed by atoms with Gasteiger partial charge in [-0.2, -0.15) is 0 Å². The Balaban J connectivity index is 1.31. The topological polar surface area (TPSA) is 118 Å². The molecule has 0 saturated carbocycles. The summed E-state index contributed by atoms with van der Waals surface area (Å²) in [7, 11) is 0. The molecule has 0 bridgehead atoms. The van der Waals surface area contributed by atoms with Gasteiger partial charge in [-0.05, 0) is 64.2 Å². The van der Waals surface area contributed by atoms with E-state index in [4.69, 9.17) is 10.5 Å². The van der Waals surface area contributed by atoms with Crippen molar-refractivity contribution in [1.29, 1.82) is 0 Å². The molecule has 0 aliphatic heterocycles. The molecule has 8 heteroatoms. The Morgan fingerprint density at radius 1 is 0.950 bits per heavy atom. The molecule has 0 aliphatic carbocycles. The highest BCUT2D eigenvalue weighted by atomic mass is 16.5. The third-order valence-electron chi connectivity index (χ3n) is 6.54. The van der Waals surface area contributed by atoms with Gasteiger partial charge in [0.25, 0.3) is 5.91 Å². The summed E-state index contributed by atoms with van der Waals surface area (Å²) in [6, 6.07) is 23.1. The number of hydrogen-bond donors (Lipinski definition) is 4. The van der Waals surface area contributed by atoms with E-state index in [0.717, 1.165) is 34.3 Å². The first-order valence-corrected chi connectivity index (χ1v) is 13.3. The maximum absolute atomic E-state index is 13.1. The number of nitrogens with two attached hydrogens (primary N) is 1. The van der Waals surface area contributed by atoms with E-state index in [1.807, 2.05) is 60.7 Å². The van der Waals surface area contributed by atoms with E-state index in [2.05, 4.69) is 52.4 Å². The fraction of sp³-hybridized carbons (Fsp3) is 0.219. The standard InChI is InChI=1S/C32H34N6O2/c1-32(2,3)24-5-4-6-25(17-24)38-31(39)22-8-7-21-9-10-27(16-23(21)15-22)40-28-11-13-35-29(18-28)30-36-20-26(37-30)19-34-14-12-33/h4-11,13,15-18,20,34H,12,14,19,33H2,1-3H3,(H,36,37)(H,38,39). The van der Waals surface area contributed by atoms with Crippen LogP contribution in [0.2, 0.25) is 0 Å². The summed E-state index contributed by atoms with van der Waals surface area (Å²) in [6.45, 7) is 8.43. The minimum absolute atomic E-state index is 0.00151. The number of fused-ring (bicyclic) bond motifs is 1. The molecule has 0 atom stereocenters. The van der Waals surface area contributed by atoms with Gasteiger partial charge in [-0.25, -0.2) is 4.98 Å². The van der Waals surface area contributed by atoms with Gasteiger partial charge in [0.15, 0.2) is 5.82 Å². The minimum Gasteiger partial charge on any atom is -0.457 e. The van der Waals surface area contributed by atoms with E-state index < -0.39 is 0 Å². The van der Waals surface area contributed by atoms with Crippen molar-refractivity contribution in [2.45, 2.75) is 32.7 Å². The van der Waals surface area contributed by atoms with Gasteiger partial charge in [0, 0.05) is 48.8 Å². The molecule has 0 fully saturated rings. The number of pyridine rings is 1. The molecule has 2 aromatic heterocycles. The second-order valence-electron chi connectivity index (χ2n) is 10.7. The van der Waals surface area contributed by atoms with Crippen LogP contribution in [0.15, 0.2) is 85.2 Å². The Morgan fingerprint density at radius 2 is 1.77 bits per heavy atom. The van der Waals surface area contributed by atoms with Gasteiger partial charge in [-0.3, -0.25) is 9.78 Å². The van der Waals surface area contributed by atoms with E-state index in [1.54, 1.807) is 18.5 Å². The first-order chi connectivity index (χ1) is 19.3. The van der Waals surface area contributed by atoms with Gasteiger partial charge in [-0.1, -0.05) is 45.0 Å². The number of carbonyl (C=O) groups is 1. The van der Waals surface area contributed by atoms with Crippen molar-refractivity contribution >= 4 is 22.4 Å². The molecule has 0 aliphatic rings. The van der Waals surface area contributed by atoms with Crippen LogP contribution < -0.4 is 21.1 Å². The normalized spacial score (nSPS) is 11.5. The lowest BCUT2D eigenvalue weighted by molar-refractivity contribution is 0.102. The van der Waals surface area contributed by atoms with Crippen molar-refractivity contribution in [2.24, 2.45) is 5.73 Å². The smallest absolute Gasteiger partial charge is 0.255 e. The number of aromatic amines is 1. The Hall–Kier alpha value is -4.53. The van der Waals surface area contributed by atoms with Gasteiger partial charge in [0.1, 0.15) is 17.2 Å². The fourth-order valence-electron chi connectivity index (χ4n) is 4.34. The predicted octanol–water partition coefficient (Wildman–Crippen LogP) is 6.02. The van der Waals surface area contributed by atoms with Crippen molar-refractivity contribution in [3.05, 3.63) is 102 Å². The van der Waals surface area contributed by atoms with E-state index in [0.29, 0.717) is 41.7 Å². The largest absolute Gasteiger partial charge is 0.457 e. The molecule has 5 N–H and O–H groups in total. The summed E-state index contributed by atoms with van der Waals surface area (Å²) in [6.07, 6.45) is 3.48. The molecule has 2 heterocycles. The number of nitrogens with zero attached hydrogens (tertiary/aromatic N) is 2. The molecule has 204 valence electrons. The van der Waals surface area contributed by atoms with Crippen LogP contribution >= 0.6 is 0 Å². The van der Waals surface area contributed by atoms with Gasteiger partial charge >= 0.3 is 0 Å². The van der Waals surface area contributed by atoms with Gasteiger partial charge < -0.3 is 26.1 Å². The Labute approximate surface area is 234 Å². The Morgan fingerprint density at radius 3 is 2.60 bits per heavy atom.